The van der Waals surface area contributed by atoms with Gasteiger partial charge in [0.2, 0.25) is 0 Å². The van der Waals surface area contributed by atoms with Crippen LogP contribution in [-0.2, 0) is 4.79 Å². The van der Waals surface area contributed by atoms with Gasteiger partial charge in [-0.15, -0.1) is 0 Å². The van der Waals surface area contributed by atoms with Gasteiger partial charge in [-0.05, 0) is 60.5 Å². The van der Waals surface area contributed by atoms with E-state index in [-0.39, 0.29) is 11.8 Å². The molecule has 33 heavy (non-hydrogen) atoms. The van der Waals surface area contributed by atoms with Crippen LogP contribution in [0, 0.1) is 0 Å². The Morgan fingerprint density at radius 3 is 1.91 bits per heavy atom. The van der Waals surface area contributed by atoms with Crippen molar-refractivity contribution in [3.05, 3.63) is 115 Å². The summed E-state index contributed by atoms with van der Waals surface area (Å²) in [5.74, 6) is 0.115. The number of carbonyl (C=O) groups excluding carboxylic acids is 2. The third-order valence-electron chi connectivity index (χ3n) is 5.07. The van der Waals surface area contributed by atoms with Gasteiger partial charge in [-0.1, -0.05) is 66.7 Å². The van der Waals surface area contributed by atoms with Crippen molar-refractivity contribution >= 4 is 23.2 Å². The Hall–Kier alpha value is -4.38. The highest BCUT2D eigenvalue weighted by atomic mass is 16.5. The molecule has 0 aliphatic rings. The summed E-state index contributed by atoms with van der Waals surface area (Å²) in [5.41, 5.74) is 3.92. The largest absolute Gasteiger partial charge is 0.481 e. The zero-order valence-electron chi connectivity index (χ0n) is 18.2. The molecule has 4 rings (SSSR count). The summed E-state index contributed by atoms with van der Waals surface area (Å²) in [6, 6.07) is 33.7. The van der Waals surface area contributed by atoms with Gasteiger partial charge in [0.05, 0.1) is 0 Å². The molecule has 0 spiro atoms. The van der Waals surface area contributed by atoms with Crippen molar-refractivity contribution in [2.75, 3.05) is 10.6 Å². The Labute approximate surface area is 193 Å². The zero-order valence-corrected chi connectivity index (χ0v) is 18.2. The highest BCUT2D eigenvalue weighted by Gasteiger charge is 2.15. The lowest BCUT2D eigenvalue weighted by molar-refractivity contribution is -0.122. The maximum absolute atomic E-state index is 12.6. The lowest BCUT2D eigenvalue weighted by atomic mass is 10.1. The molecule has 0 bridgehead atoms. The molecule has 5 nitrogen and oxygen atoms in total. The van der Waals surface area contributed by atoms with E-state index in [0.717, 1.165) is 11.1 Å². The number of hydrogen-bond acceptors (Lipinski definition) is 3. The van der Waals surface area contributed by atoms with E-state index in [1.54, 1.807) is 43.3 Å². The molecule has 1 unspecified atom stereocenters. The van der Waals surface area contributed by atoms with Crippen LogP contribution in [0.4, 0.5) is 11.4 Å². The van der Waals surface area contributed by atoms with Crippen molar-refractivity contribution in [3.8, 4) is 16.9 Å². The molecule has 4 aromatic rings. The molecule has 0 aliphatic carbocycles. The number of hydrogen-bond donors (Lipinski definition) is 2. The first kappa shape index (κ1) is 21.8. The predicted octanol–water partition coefficient (Wildman–Crippen LogP) is 6.01. The van der Waals surface area contributed by atoms with Gasteiger partial charge in [-0.2, -0.15) is 0 Å². The van der Waals surface area contributed by atoms with Crippen LogP contribution >= 0.6 is 0 Å². The lowest BCUT2D eigenvalue weighted by Crippen LogP contribution is -2.30. The van der Waals surface area contributed by atoms with Crippen LogP contribution in [0.25, 0.3) is 11.1 Å². The number of amides is 2. The van der Waals surface area contributed by atoms with Gasteiger partial charge in [-0.3, -0.25) is 9.59 Å². The van der Waals surface area contributed by atoms with E-state index >= 15 is 0 Å². The van der Waals surface area contributed by atoms with Crippen molar-refractivity contribution in [1.82, 2.24) is 0 Å². The van der Waals surface area contributed by atoms with Gasteiger partial charge in [0.25, 0.3) is 11.8 Å². The van der Waals surface area contributed by atoms with E-state index in [1.165, 1.54) is 0 Å². The summed E-state index contributed by atoms with van der Waals surface area (Å²) in [4.78, 5) is 25.0. The molecule has 2 N–H and O–H groups in total. The molecule has 0 fully saturated rings. The summed E-state index contributed by atoms with van der Waals surface area (Å²) in [7, 11) is 0. The van der Waals surface area contributed by atoms with Gasteiger partial charge in [0.1, 0.15) is 5.75 Å². The number of nitrogens with one attached hydrogen (secondary N) is 2. The average molecular weight is 437 g/mol. The normalized spacial score (nSPS) is 11.3. The SMILES string of the molecule is CC(Oc1ccc(-c2ccccc2)cc1)C(=O)Nc1cccc(NC(=O)c2ccccc2)c1. The fraction of sp³-hybridized carbons (Fsp3) is 0.0714. The lowest BCUT2D eigenvalue weighted by Gasteiger charge is -2.15. The smallest absolute Gasteiger partial charge is 0.265 e. The summed E-state index contributed by atoms with van der Waals surface area (Å²) in [5, 5.41) is 5.68. The third kappa shape index (κ3) is 5.86. The second-order valence-electron chi connectivity index (χ2n) is 7.54. The summed E-state index contributed by atoms with van der Waals surface area (Å²) >= 11 is 0. The number of anilines is 2. The van der Waals surface area contributed by atoms with Crippen LogP contribution in [-0.4, -0.2) is 17.9 Å². The number of benzene rings is 4. The van der Waals surface area contributed by atoms with Crippen molar-refractivity contribution < 1.29 is 14.3 Å². The quantitative estimate of drug-likeness (QED) is 0.373. The number of ether oxygens (including phenoxy) is 1. The minimum atomic E-state index is -0.699. The molecular formula is C28H24N2O3. The van der Waals surface area contributed by atoms with Crippen molar-refractivity contribution in [2.24, 2.45) is 0 Å². The highest BCUT2D eigenvalue weighted by Crippen LogP contribution is 2.23. The molecule has 0 aromatic heterocycles. The summed E-state index contributed by atoms with van der Waals surface area (Å²) in [6.45, 7) is 1.70. The van der Waals surface area contributed by atoms with Crippen molar-refractivity contribution in [2.45, 2.75) is 13.0 Å². The maximum Gasteiger partial charge on any atom is 0.265 e. The number of carbonyl (C=O) groups is 2. The zero-order chi connectivity index (χ0) is 23.0. The fourth-order valence-electron chi connectivity index (χ4n) is 3.33. The Balaban J connectivity index is 1.35. The van der Waals surface area contributed by atoms with Crippen molar-refractivity contribution in [3.63, 3.8) is 0 Å². The molecule has 164 valence electrons. The minimum Gasteiger partial charge on any atom is -0.481 e. The Morgan fingerprint density at radius 2 is 1.24 bits per heavy atom. The second kappa shape index (κ2) is 10.3. The van der Waals surface area contributed by atoms with Crippen LogP contribution in [0.2, 0.25) is 0 Å². The van der Waals surface area contributed by atoms with Gasteiger partial charge in [0, 0.05) is 16.9 Å². The molecule has 4 aromatic carbocycles. The first-order valence-electron chi connectivity index (χ1n) is 10.7. The average Bonchev–Trinajstić information content (AvgIpc) is 2.86. The van der Waals surface area contributed by atoms with Gasteiger partial charge in [0.15, 0.2) is 6.10 Å². The van der Waals surface area contributed by atoms with E-state index in [4.69, 9.17) is 4.74 Å². The fourth-order valence-corrected chi connectivity index (χ4v) is 3.33. The predicted molar refractivity (Wildman–Crippen MR) is 131 cm³/mol. The maximum atomic E-state index is 12.6. The highest BCUT2D eigenvalue weighted by molar-refractivity contribution is 6.04. The van der Waals surface area contributed by atoms with E-state index < -0.39 is 6.10 Å². The van der Waals surface area contributed by atoms with E-state index in [2.05, 4.69) is 10.6 Å². The van der Waals surface area contributed by atoms with Crippen LogP contribution in [0.3, 0.4) is 0 Å². The summed E-state index contributed by atoms with van der Waals surface area (Å²) in [6.07, 6.45) is -0.699. The molecule has 0 aliphatic heterocycles. The van der Waals surface area contributed by atoms with Crippen LogP contribution in [0.15, 0.2) is 109 Å². The van der Waals surface area contributed by atoms with Crippen LogP contribution in [0.1, 0.15) is 17.3 Å². The number of rotatable bonds is 7. The Morgan fingerprint density at radius 1 is 0.667 bits per heavy atom. The minimum absolute atomic E-state index is 0.213. The summed E-state index contributed by atoms with van der Waals surface area (Å²) < 4.78 is 5.81. The molecule has 0 heterocycles. The first-order valence-corrected chi connectivity index (χ1v) is 10.7. The van der Waals surface area contributed by atoms with Gasteiger partial charge in [-0.25, -0.2) is 0 Å². The van der Waals surface area contributed by atoms with E-state index in [0.29, 0.717) is 22.7 Å². The Kier molecular flexibility index (Phi) is 6.81. The van der Waals surface area contributed by atoms with Crippen molar-refractivity contribution in [1.29, 1.82) is 0 Å². The molecular weight excluding hydrogens is 412 g/mol. The standard InChI is InChI=1S/C28H24N2O3/c1-20(33-26-17-15-22(16-18-26)21-9-4-2-5-10-21)27(31)29-24-13-8-14-25(19-24)30-28(32)23-11-6-3-7-12-23/h2-20H,1H3,(H,29,31)(H,30,32). The topological polar surface area (TPSA) is 67.4 Å². The van der Waals surface area contributed by atoms with E-state index in [1.807, 2.05) is 72.8 Å². The molecule has 5 heteroatoms. The molecule has 0 saturated heterocycles. The molecule has 0 radical (unpaired) electrons. The third-order valence-corrected chi connectivity index (χ3v) is 5.07. The van der Waals surface area contributed by atoms with Gasteiger partial charge >= 0.3 is 0 Å². The van der Waals surface area contributed by atoms with Crippen LogP contribution in [0.5, 0.6) is 5.75 Å². The van der Waals surface area contributed by atoms with Crippen LogP contribution < -0.4 is 15.4 Å². The second-order valence-corrected chi connectivity index (χ2v) is 7.54. The molecule has 0 saturated carbocycles. The first-order chi connectivity index (χ1) is 16.1. The van der Waals surface area contributed by atoms with Gasteiger partial charge < -0.3 is 15.4 Å². The monoisotopic (exact) mass is 436 g/mol. The molecule has 2 amide bonds. The molecule has 1 atom stereocenters. The van der Waals surface area contributed by atoms with E-state index in [9.17, 15) is 9.59 Å². The Bertz CT molecular complexity index is 1220.